The van der Waals surface area contributed by atoms with Crippen molar-refractivity contribution >= 4 is 13.9 Å². The Morgan fingerprint density at radius 2 is 1.95 bits per heavy atom. The summed E-state index contributed by atoms with van der Waals surface area (Å²) in [7, 11) is -1.66. The zero-order valence-electron chi connectivity index (χ0n) is 12.1. The molecule has 0 aliphatic carbocycles. The third-order valence-electron chi connectivity index (χ3n) is 2.97. The van der Waals surface area contributed by atoms with Gasteiger partial charge in [-0.2, -0.15) is 0 Å². The van der Waals surface area contributed by atoms with Gasteiger partial charge < -0.3 is 5.11 Å². The number of carbonyl (C=O) groups is 1. The molecule has 2 N–H and O–H groups in total. The molecule has 0 saturated heterocycles. The molecule has 1 unspecified atom stereocenters. The number of carboxylic acids is 1. The molecular formula is C15H23NO3P+. The van der Waals surface area contributed by atoms with Gasteiger partial charge >= 0.3 is 13.9 Å². The van der Waals surface area contributed by atoms with Gasteiger partial charge in [0.15, 0.2) is 6.16 Å². The van der Waals surface area contributed by atoms with Crippen LogP contribution in [-0.2, 0) is 15.8 Å². The Kier molecular flexibility index (Phi) is 7.42. The van der Waals surface area contributed by atoms with Crippen molar-refractivity contribution in [3.05, 3.63) is 35.9 Å². The third kappa shape index (κ3) is 6.78. The van der Waals surface area contributed by atoms with E-state index in [1.807, 2.05) is 44.2 Å². The van der Waals surface area contributed by atoms with Crippen LogP contribution in [0, 0.1) is 5.92 Å². The lowest BCUT2D eigenvalue weighted by molar-refractivity contribution is -0.139. The van der Waals surface area contributed by atoms with E-state index < -0.39 is 20.0 Å². The summed E-state index contributed by atoms with van der Waals surface area (Å²) >= 11 is 0. The third-order valence-corrected chi connectivity index (χ3v) is 4.30. The number of rotatable bonds is 9. The van der Waals surface area contributed by atoms with Gasteiger partial charge in [0, 0.05) is 0 Å². The number of nitrogens with one attached hydrogen (secondary N) is 1. The first-order valence-corrected chi connectivity index (χ1v) is 8.41. The minimum atomic E-state index is -1.66. The SMILES string of the molecule is CC(C)C[C@H](N[P+](=O)CCCc1ccccc1)C(=O)O. The summed E-state index contributed by atoms with van der Waals surface area (Å²) in [4.78, 5) is 11.1. The van der Waals surface area contributed by atoms with E-state index >= 15 is 0 Å². The van der Waals surface area contributed by atoms with Crippen LogP contribution in [0.4, 0.5) is 0 Å². The molecule has 1 aromatic carbocycles. The van der Waals surface area contributed by atoms with Gasteiger partial charge in [0.1, 0.15) is 6.04 Å². The molecule has 0 bridgehead atoms. The monoisotopic (exact) mass is 296 g/mol. The van der Waals surface area contributed by atoms with Crippen LogP contribution >= 0.6 is 7.95 Å². The normalized spacial score (nSPS) is 13.2. The summed E-state index contributed by atoms with van der Waals surface area (Å²) in [6, 6.07) is 9.30. The van der Waals surface area contributed by atoms with Crippen molar-refractivity contribution in [2.75, 3.05) is 6.16 Å². The lowest BCUT2D eigenvalue weighted by Gasteiger charge is -2.10. The van der Waals surface area contributed by atoms with Crippen LogP contribution in [0.1, 0.15) is 32.3 Å². The van der Waals surface area contributed by atoms with Crippen LogP contribution in [0.2, 0.25) is 0 Å². The van der Waals surface area contributed by atoms with Gasteiger partial charge in [-0.3, -0.25) is 4.79 Å². The summed E-state index contributed by atoms with van der Waals surface area (Å²) in [6.45, 7) is 3.92. The first-order chi connectivity index (χ1) is 9.49. The highest BCUT2D eigenvalue weighted by Gasteiger charge is 2.27. The van der Waals surface area contributed by atoms with Crippen LogP contribution in [0.3, 0.4) is 0 Å². The highest BCUT2D eigenvalue weighted by atomic mass is 31.1. The summed E-state index contributed by atoms with van der Waals surface area (Å²) < 4.78 is 11.9. The first-order valence-electron chi connectivity index (χ1n) is 6.96. The van der Waals surface area contributed by atoms with Gasteiger partial charge in [0.05, 0.1) is 0 Å². The van der Waals surface area contributed by atoms with Crippen LogP contribution in [0.15, 0.2) is 30.3 Å². The quantitative estimate of drug-likeness (QED) is 0.685. The Hall–Kier alpha value is -1.25. The topological polar surface area (TPSA) is 66.4 Å². The molecular weight excluding hydrogens is 273 g/mol. The fourth-order valence-corrected chi connectivity index (χ4v) is 3.13. The predicted molar refractivity (Wildman–Crippen MR) is 81.3 cm³/mol. The fourth-order valence-electron chi connectivity index (χ4n) is 1.99. The number of hydrogen-bond acceptors (Lipinski definition) is 2. The van der Waals surface area contributed by atoms with E-state index in [0.717, 1.165) is 12.8 Å². The minimum absolute atomic E-state index is 0.260. The molecule has 0 aliphatic heterocycles. The highest BCUT2D eigenvalue weighted by Crippen LogP contribution is 2.20. The maximum Gasteiger partial charge on any atom is 0.432 e. The van der Waals surface area contributed by atoms with E-state index in [9.17, 15) is 9.36 Å². The van der Waals surface area contributed by atoms with Gasteiger partial charge in [-0.25, -0.2) is 0 Å². The largest absolute Gasteiger partial charge is 0.480 e. The number of hydrogen-bond donors (Lipinski definition) is 2. The van der Waals surface area contributed by atoms with Crippen LogP contribution in [0.5, 0.6) is 0 Å². The average molecular weight is 296 g/mol. The minimum Gasteiger partial charge on any atom is -0.480 e. The van der Waals surface area contributed by atoms with Crippen molar-refractivity contribution in [1.29, 1.82) is 0 Å². The Balaban J connectivity index is 2.33. The van der Waals surface area contributed by atoms with Gasteiger partial charge in [-0.15, -0.1) is 0 Å². The highest BCUT2D eigenvalue weighted by molar-refractivity contribution is 7.42. The lowest BCUT2D eigenvalue weighted by atomic mass is 10.1. The molecule has 0 spiro atoms. The van der Waals surface area contributed by atoms with Crippen molar-refractivity contribution < 1.29 is 14.5 Å². The van der Waals surface area contributed by atoms with Crippen molar-refractivity contribution in [3.8, 4) is 0 Å². The van der Waals surface area contributed by atoms with E-state index in [1.54, 1.807) is 0 Å². The lowest BCUT2D eigenvalue weighted by Crippen LogP contribution is -2.33. The van der Waals surface area contributed by atoms with Gasteiger partial charge in [-0.05, 0) is 30.7 Å². The zero-order chi connectivity index (χ0) is 15.0. The van der Waals surface area contributed by atoms with E-state index in [2.05, 4.69) is 5.09 Å². The number of aliphatic carboxylic acids is 1. The van der Waals surface area contributed by atoms with E-state index in [1.165, 1.54) is 5.56 Å². The number of benzene rings is 1. The second-order valence-electron chi connectivity index (χ2n) is 5.34. The molecule has 2 atom stereocenters. The van der Waals surface area contributed by atoms with E-state index in [4.69, 9.17) is 5.11 Å². The van der Waals surface area contributed by atoms with Crippen LogP contribution < -0.4 is 5.09 Å². The van der Waals surface area contributed by atoms with Crippen molar-refractivity contribution in [3.63, 3.8) is 0 Å². The standard InChI is InChI=1S/C15H22NO3P/c1-12(2)11-14(15(17)18)16-20(19)10-6-9-13-7-4-3-5-8-13/h3-5,7-8,12,14H,6,9-11H2,1-2H3,(H-,16,17,18,19)/p+1/t14-/m0/s1. The maximum absolute atomic E-state index is 11.9. The van der Waals surface area contributed by atoms with E-state index in [-0.39, 0.29) is 5.92 Å². The summed E-state index contributed by atoms with van der Waals surface area (Å²) in [6.07, 6.45) is 2.66. The molecule has 4 nitrogen and oxygen atoms in total. The van der Waals surface area contributed by atoms with Crippen LogP contribution in [-0.4, -0.2) is 23.3 Å². The molecule has 110 valence electrons. The molecule has 5 heteroatoms. The Bertz CT molecular complexity index is 434. The maximum atomic E-state index is 11.9. The van der Waals surface area contributed by atoms with Gasteiger partial charge in [0.2, 0.25) is 0 Å². The van der Waals surface area contributed by atoms with E-state index in [0.29, 0.717) is 12.6 Å². The Morgan fingerprint density at radius 3 is 2.50 bits per heavy atom. The van der Waals surface area contributed by atoms with Crippen molar-refractivity contribution in [1.82, 2.24) is 5.09 Å². The molecule has 0 heterocycles. The van der Waals surface area contributed by atoms with Gasteiger partial charge in [0.25, 0.3) is 0 Å². The van der Waals surface area contributed by atoms with Crippen molar-refractivity contribution in [2.24, 2.45) is 5.92 Å². The molecule has 0 fully saturated rings. The summed E-state index contributed by atoms with van der Waals surface area (Å²) in [5.41, 5.74) is 1.22. The Morgan fingerprint density at radius 1 is 1.30 bits per heavy atom. The molecule has 0 aliphatic rings. The zero-order valence-corrected chi connectivity index (χ0v) is 13.0. The van der Waals surface area contributed by atoms with Gasteiger partial charge in [-0.1, -0.05) is 53.8 Å². The van der Waals surface area contributed by atoms with Crippen molar-refractivity contribution in [2.45, 2.75) is 39.2 Å². The molecule has 0 radical (unpaired) electrons. The average Bonchev–Trinajstić information content (AvgIpc) is 2.38. The Labute approximate surface area is 121 Å². The molecule has 20 heavy (non-hydrogen) atoms. The molecule has 1 aromatic rings. The first kappa shape index (κ1) is 16.8. The smallest absolute Gasteiger partial charge is 0.432 e. The molecule has 0 amide bonds. The predicted octanol–water partition coefficient (Wildman–Crippen LogP) is 3.45. The second kappa shape index (κ2) is 8.83. The summed E-state index contributed by atoms with van der Waals surface area (Å²) in [5, 5.41) is 11.8. The number of aryl methyl sites for hydroxylation is 1. The molecule has 1 rings (SSSR count). The summed E-state index contributed by atoms with van der Waals surface area (Å²) in [5.74, 6) is -0.665. The van der Waals surface area contributed by atoms with Crippen LogP contribution in [0.25, 0.3) is 0 Å². The molecule has 0 aromatic heterocycles. The fraction of sp³-hybridized carbons (Fsp3) is 0.533. The second-order valence-corrected chi connectivity index (χ2v) is 6.80. The number of carboxylic acid groups (broad SMARTS) is 1. The molecule has 0 saturated carbocycles.